The van der Waals surface area contributed by atoms with Crippen molar-refractivity contribution < 1.29 is 0 Å². The number of fused-ring (bicyclic) bond motifs is 1. The number of nitrogens with one attached hydrogen (secondary N) is 1. The van der Waals surface area contributed by atoms with Crippen LogP contribution in [-0.2, 0) is 0 Å². The summed E-state index contributed by atoms with van der Waals surface area (Å²) < 4.78 is 0. The van der Waals surface area contributed by atoms with Crippen LogP contribution in [-0.4, -0.2) is 9.97 Å². The third-order valence-electron chi connectivity index (χ3n) is 3.95. The van der Waals surface area contributed by atoms with Gasteiger partial charge in [0.25, 0.3) is 5.56 Å². The molecule has 2 aromatic heterocycles. The maximum absolute atomic E-state index is 12.1. The Morgan fingerprint density at radius 1 is 1.33 bits per heavy atom. The lowest BCUT2D eigenvalue weighted by Gasteiger charge is -2.24. The van der Waals surface area contributed by atoms with Crippen molar-refractivity contribution in [1.29, 1.82) is 0 Å². The zero-order valence-electron chi connectivity index (χ0n) is 10.9. The van der Waals surface area contributed by atoms with E-state index in [0.29, 0.717) is 11.8 Å². The van der Waals surface area contributed by atoms with E-state index in [1.165, 1.54) is 6.42 Å². The van der Waals surface area contributed by atoms with Crippen LogP contribution in [0.3, 0.4) is 0 Å². The predicted molar refractivity (Wildman–Crippen MR) is 73.0 cm³/mol. The Morgan fingerprint density at radius 2 is 2.11 bits per heavy atom. The third-order valence-corrected chi connectivity index (χ3v) is 3.95. The first-order valence-corrected chi connectivity index (χ1v) is 6.68. The van der Waals surface area contributed by atoms with E-state index < -0.39 is 0 Å². The molecule has 0 amide bonds. The highest BCUT2D eigenvalue weighted by Gasteiger charge is 2.22. The van der Waals surface area contributed by atoms with Crippen molar-refractivity contribution in [2.75, 3.05) is 0 Å². The van der Waals surface area contributed by atoms with Gasteiger partial charge in [-0.2, -0.15) is 0 Å². The van der Waals surface area contributed by atoms with Crippen LogP contribution in [0.1, 0.15) is 56.1 Å². The van der Waals surface area contributed by atoms with E-state index in [0.717, 1.165) is 35.0 Å². The number of aromatic nitrogens is 2. The normalized spacial score (nSPS) is 16.2. The first kappa shape index (κ1) is 11.5. The molecule has 0 saturated heterocycles. The van der Waals surface area contributed by atoms with Crippen molar-refractivity contribution in [3.63, 3.8) is 0 Å². The number of H-pyrrole nitrogens is 1. The van der Waals surface area contributed by atoms with Crippen LogP contribution in [0, 0.1) is 0 Å². The van der Waals surface area contributed by atoms with Crippen LogP contribution in [0.25, 0.3) is 11.0 Å². The van der Waals surface area contributed by atoms with Gasteiger partial charge in [-0.15, -0.1) is 0 Å². The van der Waals surface area contributed by atoms with Gasteiger partial charge in [0, 0.05) is 11.8 Å². The molecule has 1 aliphatic carbocycles. The lowest BCUT2D eigenvalue weighted by molar-refractivity contribution is 0.417. The van der Waals surface area contributed by atoms with E-state index >= 15 is 0 Å². The highest BCUT2D eigenvalue weighted by Crippen LogP contribution is 2.35. The molecular formula is C15H18N2O. The van der Waals surface area contributed by atoms with Crippen molar-refractivity contribution in [2.45, 2.75) is 44.9 Å². The van der Waals surface area contributed by atoms with Crippen LogP contribution < -0.4 is 5.56 Å². The zero-order valence-corrected chi connectivity index (χ0v) is 10.9. The van der Waals surface area contributed by atoms with Crippen molar-refractivity contribution in [1.82, 2.24) is 9.97 Å². The minimum Gasteiger partial charge on any atom is -0.320 e. The zero-order chi connectivity index (χ0) is 12.7. The monoisotopic (exact) mass is 242 g/mol. The molecule has 3 rings (SSSR count). The van der Waals surface area contributed by atoms with Gasteiger partial charge in [0.15, 0.2) is 0 Å². The van der Waals surface area contributed by atoms with Gasteiger partial charge >= 0.3 is 0 Å². The summed E-state index contributed by atoms with van der Waals surface area (Å²) in [5.74, 6) is 0.876. The molecule has 2 aromatic rings. The molecule has 1 aliphatic rings. The standard InChI is InChI=1S/C15H18N2O/c1-9(2)11-6-14-13(16-8-11)7-12(15(18)17-14)10-4-3-5-10/h6-10H,3-5H2,1-2H3,(H,17,18). The molecule has 0 atom stereocenters. The number of rotatable bonds is 2. The number of hydrogen-bond acceptors (Lipinski definition) is 2. The molecule has 1 N–H and O–H groups in total. The SMILES string of the molecule is CC(C)c1cnc2cc(C3CCC3)c(=O)[nH]c2c1. The Hall–Kier alpha value is -1.64. The van der Waals surface area contributed by atoms with Gasteiger partial charge in [-0.3, -0.25) is 9.78 Å². The average Bonchev–Trinajstić information content (AvgIpc) is 2.27. The van der Waals surface area contributed by atoms with Gasteiger partial charge in [0.05, 0.1) is 11.0 Å². The molecule has 3 heteroatoms. The van der Waals surface area contributed by atoms with Gasteiger partial charge < -0.3 is 4.98 Å². The van der Waals surface area contributed by atoms with E-state index in [1.54, 1.807) is 0 Å². The third kappa shape index (κ3) is 1.84. The Labute approximate surface area is 106 Å². The smallest absolute Gasteiger partial charge is 0.252 e. The molecule has 0 unspecified atom stereocenters. The van der Waals surface area contributed by atoms with Crippen molar-refractivity contribution in [3.05, 3.63) is 39.8 Å². The minimum atomic E-state index is 0.0647. The molecule has 94 valence electrons. The molecule has 3 nitrogen and oxygen atoms in total. The maximum atomic E-state index is 12.1. The first-order valence-electron chi connectivity index (χ1n) is 6.68. The van der Waals surface area contributed by atoms with Gasteiger partial charge in [-0.1, -0.05) is 20.3 Å². The summed E-state index contributed by atoms with van der Waals surface area (Å²) in [4.78, 5) is 19.5. The highest BCUT2D eigenvalue weighted by atomic mass is 16.1. The molecule has 0 aliphatic heterocycles. The second-order valence-corrected chi connectivity index (χ2v) is 5.54. The fourth-order valence-electron chi connectivity index (χ4n) is 2.45. The summed E-state index contributed by atoms with van der Waals surface area (Å²) in [6, 6.07) is 4.01. The largest absolute Gasteiger partial charge is 0.320 e. The van der Waals surface area contributed by atoms with E-state index in [-0.39, 0.29) is 5.56 Å². The molecule has 0 bridgehead atoms. The van der Waals surface area contributed by atoms with Crippen LogP contribution in [0.2, 0.25) is 0 Å². The number of hydrogen-bond donors (Lipinski definition) is 1. The molecule has 18 heavy (non-hydrogen) atoms. The highest BCUT2D eigenvalue weighted by molar-refractivity contribution is 5.75. The molecule has 0 radical (unpaired) electrons. The number of aromatic amines is 1. The fraction of sp³-hybridized carbons (Fsp3) is 0.467. The minimum absolute atomic E-state index is 0.0647. The summed E-state index contributed by atoms with van der Waals surface area (Å²) in [6.45, 7) is 4.26. The molecule has 0 spiro atoms. The predicted octanol–water partition coefficient (Wildman–Crippen LogP) is 3.31. The Kier molecular flexibility index (Phi) is 2.69. The summed E-state index contributed by atoms with van der Waals surface area (Å²) >= 11 is 0. The van der Waals surface area contributed by atoms with Crippen molar-refractivity contribution >= 4 is 11.0 Å². The molecule has 0 aromatic carbocycles. The molecule has 1 fully saturated rings. The second kappa shape index (κ2) is 4.23. The Balaban J connectivity index is 2.13. The van der Waals surface area contributed by atoms with Crippen LogP contribution in [0.4, 0.5) is 0 Å². The Morgan fingerprint density at radius 3 is 2.72 bits per heavy atom. The number of nitrogens with zero attached hydrogens (tertiary/aromatic N) is 1. The van der Waals surface area contributed by atoms with Gasteiger partial charge in [0.2, 0.25) is 0 Å². The summed E-state index contributed by atoms with van der Waals surface area (Å²) in [6.07, 6.45) is 5.43. The van der Waals surface area contributed by atoms with Crippen molar-refractivity contribution in [2.24, 2.45) is 0 Å². The number of pyridine rings is 2. The summed E-state index contributed by atoms with van der Waals surface area (Å²) in [5, 5.41) is 0. The topological polar surface area (TPSA) is 45.8 Å². The average molecular weight is 242 g/mol. The van der Waals surface area contributed by atoms with E-state index in [4.69, 9.17) is 0 Å². The summed E-state index contributed by atoms with van der Waals surface area (Å²) in [7, 11) is 0. The van der Waals surface area contributed by atoms with Crippen molar-refractivity contribution in [3.8, 4) is 0 Å². The first-order chi connectivity index (χ1) is 8.65. The lowest BCUT2D eigenvalue weighted by Crippen LogP contribution is -2.20. The molecule has 2 heterocycles. The quantitative estimate of drug-likeness (QED) is 0.878. The molecular weight excluding hydrogens is 224 g/mol. The van der Waals surface area contributed by atoms with Gasteiger partial charge in [-0.05, 0) is 42.4 Å². The maximum Gasteiger partial charge on any atom is 0.252 e. The van der Waals surface area contributed by atoms with E-state index in [2.05, 4.69) is 23.8 Å². The molecule has 1 saturated carbocycles. The van der Waals surface area contributed by atoms with Crippen LogP contribution >= 0.6 is 0 Å². The van der Waals surface area contributed by atoms with E-state index in [1.807, 2.05) is 18.3 Å². The lowest BCUT2D eigenvalue weighted by atomic mass is 9.80. The van der Waals surface area contributed by atoms with Crippen LogP contribution in [0.5, 0.6) is 0 Å². The van der Waals surface area contributed by atoms with Crippen LogP contribution in [0.15, 0.2) is 23.1 Å². The van der Waals surface area contributed by atoms with E-state index in [9.17, 15) is 4.79 Å². The summed E-state index contributed by atoms with van der Waals surface area (Å²) in [5.41, 5.74) is 3.90. The second-order valence-electron chi connectivity index (χ2n) is 5.54. The Bertz CT molecular complexity index is 638. The van der Waals surface area contributed by atoms with Gasteiger partial charge in [-0.25, -0.2) is 0 Å². The van der Waals surface area contributed by atoms with Gasteiger partial charge in [0.1, 0.15) is 0 Å². The fourth-order valence-corrected chi connectivity index (χ4v) is 2.45.